The summed E-state index contributed by atoms with van der Waals surface area (Å²) < 4.78 is 19.2. The molecule has 1 N–H and O–H groups in total. The van der Waals surface area contributed by atoms with Crippen LogP contribution in [0.4, 0.5) is 0 Å². The maximum atomic E-state index is 12.4. The zero-order valence-corrected chi connectivity index (χ0v) is 11.8. The lowest BCUT2D eigenvalue weighted by Crippen LogP contribution is -2.36. The summed E-state index contributed by atoms with van der Waals surface area (Å²) in [6.07, 6.45) is 3.39. The quantitative estimate of drug-likeness (QED) is 0.744. The minimum atomic E-state index is -1.19. The Morgan fingerprint density at radius 3 is 3.26 bits per heavy atom. The Labute approximate surface area is 116 Å². The lowest BCUT2D eigenvalue weighted by Gasteiger charge is -2.01. The molecule has 0 amide bonds. The highest BCUT2D eigenvalue weighted by atomic mass is 32.2. The molecule has 3 aromatic heterocycles. The molecule has 3 heterocycles. The molecule has 0 saturated heterocycles. The van der Waals surface area contributed by atoms with Gasteiger partial charge in [0, 0.05) is 23.0 Å². The zero-order valence-electron chi connectivity index (χ0n) is 10.2. The molecule has 1 atom stereocenters. The number of aromatic nitrogens is 3. The molecule has 0 bridgehead atoms. The summed E-state index contributed by atoms with van der Waals surface area (Å²) in [5, 5.41) is 3.97. The Kier molecular flexibility index (Phi) is 3.31. The molecule has 1 unspecified atom stereocenters. The second-order valence-electron chi connectivity index (χ2n) is 3.92. The minimum Gasteiger partial charge on any atom is -0.497 e. The predicted octanol–water partition coefficient (Wildman–Crippen LogP) is 1.63. The molecule has 5 nitrogen and oxygen atoms in total. The van der Waals surface area contributed by atoms with Crippen molar-refractivity contribution in [2.75, 3.05) is 7.11 Å². The Hall–Kier alpha value is -1.73. The van der Waals surface area contributed by atoms with E-state index in [-0.39, 0.29) is 0 Å². The fourth-order valence-corrected chi connectivity index (χ4v) is 3.71. The first kappa shape index (κ1) is 12.3. The topological polar surface area (TPSA) is 58.9 Å². The molecular formula is C12H12N3O2S2+. The molecule has 0 saturated carbocycles. The van der Waals surface area contributed by atoms with Crippen LogP contribution >= 0.6 is 11.3 Å². The van der Waals surface area contributed by atoms with Gasteiger partial charge < -0.3 is 4.74 Å². The van der Waals surface area contributed by atoms with Crippen molar-refractivity contribution in [3.8, 4) is 5.75 Å². The summed E-state index contributed by atoms with van der Waals surface area (Å²) in [6.45, 7) is 0. The maximum Gasteiger partial charge on any atom is 0.256 e. The first-order chi connectivity index (χ1) is 9.28. The van der Waals surface area contributed by atoms with Gasteiger partial charge in [-0.05, 0) is 6.07 Å². The van der Waals surface area contributed by atoms with E-state index in [4.69, 9.17) is 4.74 Å². The average Bonchev–Trinajstić information content (AvgIpc) is 3.01. The SMILES string of the molecule is COc1ccnc(CS(=O)[n+]2c[nH]c3cscc32)c1. The molecule has 0 spiro atoms. The van der Waals surface area contributed by atoms with Crippen LogP contribution in [0.15, 0.2) is 35.4 Å². The van der Waals surface area contributed by atoms with Gasteiger partial charge in [-0.15, -0.1) is 15.3 Å². The van der Waals surface area contributed by atoms with Crippen LogP contribution in [0.5, 0.6) is 5.75 Å². The maximum absolute atomic E-state index is 12.4. The fraction of sp³-hybridized carbons (Fsp3) is 0.167. The number of hydrogen-bond acceptors (Lipinski definition) is 4. The summed E-state index contributed by atoms with van der Waals surface area (Å²) in [5.41, 5.74) is 2.69. The molecule has 0 aromatic carbocycles. The third-order valence-electron chi connectivity index (χ3n) is 2.73. The number of aromatic amines is 1. The highest BCUT2D eigenvalue weighted by Gasteiger charge is 2.17. The fourth-order valence-electron chi connectivity index (χ4n) is 1.79. The predicted molar refractivity (Wildman–Crippen MR) is 74.4 cm³/mol. The molecule has 98 valence electrons. The normalized spacial score (nSPS) is 12.7. The smallest absolute Gasteiger partial charge is 0.256 e. The number of nitrogens with zero attached hydrogens (tertiary/aromatic N) is 2. The average molecular weight is 294 g/mol. The molecule has 0 radical (unpaired) electrons. The van der Waals surface area contributed by atoms with Crippen LogP contribution in [0.2, 0.25) is 0 Å². The summed E-state index contributed by atoms with van der Waals surface area (Å²) in [4.78, 5) is 7.30. The van der Waals surface area contributed by atoms with Crippen LogP contribution in [0.25, 0.3) is 11.0 Å². The van der Waals surface area contributed by atoms with Gasteiger partial charge in [0.05, 0.1) is 12.8 Å². The van der Waals surface area contributed by atoms with Crippen LogP contribution in [-0.2, 0) is 16.7 Å². The van der Waals surface area contributed by atoms with Crippen molar-refractivity contribution in [3.05, 3.63) is 41.1 Å². The number of nitrogens with one attached hydrogen (secondary N) is 1. The van der Waals surface area contributed by atoms with E-state index in [2.05, 4.69) is 9.97 Å². The van der Waals surface area contributed by atoms with E-state index in [0.29, 0.717) is 5.75 Å². The van der Waals surface area contributed by atoms with Gasteiger partial charge in [-0.3, -0.25) is 4.98 Å². The van der Waals surface area contributed by atoms with E-state index in [9.17, 15) is 4.21 Å². The van der Waals surface area contributed by atoms with Crippen LogP contribution < -0.4 is 8.71 Å². The number of H-pyrrole nitrogens is 1. The van der Waals surface area contributed by atoms with E-state index >= 15 is 0 Å². The number of imidazole rings is 1. The zero-order chi connectivity index (χ0) is 13.2. The number of hydrogen-bond donors (Lipinski definition) is 1. The summed E-state index contributed by atoms with van der Waals surface area (Å²) in [6, 6.07) is 3.57. The number of rotatable bonds is 4. The van der Waals surface area contributed by atoms with Crippen molar-refractivity contribution < 1.29 is 12.9 Å². The molecule has 0 aliphatic heterocycles. The van der Waals surface area contributed by atoms with Crippen LogP contribution in [-0.4, -0.2) is 21.3 Å². The van der Waals surface area contributed by atoms with Crippen molar-refractivity contribution in [1.82, 2.24) is 9.97 Å². The van der Waals surface area contributed by atoms with E-state index in [0.717, 1.165) is 22.5 Å². The number of ether oxygens (including phenoxy) is 1. The first-order valence-electron chi connectivity index (χ1n) is 5.60. The second-order valence-corrected chi connectivity index (χ2v) is 5.99. The number of thiophene rings is 1. The van der Waals surface area contributed by atoms with Gasteiger partial charge in [-0.25, -0.2) is 9.19 Å². The largest absolute Gasteiger partial charge is 0.497 e. The van der Waals surface area contributed by atoms with Gasteiger partial charge in [-0.2, -0.15) is 0 Å². The molecule has 0 aliphatic rings. The first-order valence-corrected chi connectivity index (χ1v) is 7.82. The van der Waals surface area contributed by atoms with Gasteiger partial charge >= 0.3 is 0 Å². The van der Waals surface area contributed by atoms with E-state index < -0.39 is 11.0 Å². The lowest BCUT2D eigenvalue weighted by atomic mass is 10.3. The van der Waals surface area contributed by atoms with Gasteiger partial charge in [-0.1, -0.05) is 0 Å². The number of pyridine rings is 1. The second kappa shape index (κ2) is 5.10. The van der Waals surface area contributed by atoms with Gasteiger partial charge in [0.25, 0.3) is 6.33 Å². The van der Waals surface area contributed by atoms with Crippen LogP contribution in [0, 0.1) is 0 Å². The van der Waals surface area contributed by atoms with Gasteiger partial charge in [0.1, 0.15) is 11.5 Å². The molecule has 0 fully saturated rings. The number of methoxy groups -OCH3 is 1. The van der Waals surface area contributed by atoms with Gasteiger partial charge in [0.15, 0.2) is 11.0 Å². The monoisotopic (exact) mass is 294 g/mol. The van der Waals surface area contributed by atoms with Crippen molar-refractivity contribution in [2.45, 2.75) is 5.75 Å². The van der Waals surface area contributed by atoms with Crippen molar-refractivity contribution >= 4 is 33.4 Å². The number of fused-ring (bicyclic) bond motifs is 1. The standard InChI is InChI=1S/C12H11N3O2S2/c1-17-10-2-3-13-9(4-10)7-19(16)15-8-14-11-5-18-6-12(11)15/h2-6,8H,7H2,1H3/p+1. The third-order valence-corrected chi connectivity index (χ3v) is 4.75. The highest BCUT2D eigenvalue weighted by molar-refractivity contribution is 7.77. The van der Waals surface area contributed by atoms with Crippen molar-refractivity contribution in [3.63, 3.8) is 0 Å². The van der Waals surface area contributed by atoms with Crippen LogP contribution in [0.3, 0.4) is 0 Å². The summed E-state index contributed by atoms with van der Waals surface area (Å²) >= 11 is 1.58. The van der Waals surface area contributed by atoms with Crippen molar-refractivity contribution in [2.24, 2.45) is 0 Å². The van der Waals surface area contributed by atoms with Crippen molar-refractivity contribution in [1.29, 1.82) is 0 Å². The Morgan fingerprint density at radius 2 is 2.42 bits per heavy atom. The molecular weight excluding hydrogens is 282 g/mol. The molecule has 3 rings (SSSR count). The van der Waals surface area contributed by atoms with Crippen LogP contribution in [0.1, 0.15) is 5.69 Å². The summed E-state index contributed by atoms with van der Waals surface area (Å²) in [7, 11) is 0.411. The molecule has 0 aliphatic carbocycles. The molecule has 7 heteroatoms. The van der Waals surface area contributed by atoms with E-state index in [1.54, 1.807) is 47.1 Å². The minimum absolute atomic E-state index is 0.352. The Morgan fingerprint density at radius 1 is 1.53 bits per heavy atom. The lowest BCUT2D eigenvalue weighted by molar-refractivity contribution is -0.473. The Bertz CT molecular complexity index is 735. The molecule has 19 heavy (non-hydrogen) atoms. The van der Waals surface area contributed by atoms with E-state index in [1.165, 1.54) is 0 Å². The third kappa shape index (κ3) is 2.39. The van der Waals surface area contributed by atoms with E-state index in [1.807, 2.05) is 10.8 Å². The summed E-state index contributed by atoms with van der Waals surface area (Å²) in [5.74, 6) is 1.08. The Balaban J connectivity index is 1.87. The highest BCUT2D eigenvalue weighted by Crippen LogP contribution is 2.14. The molecule has 3 aromatic rings. The van der Waals surface area contributed by atoms with Gasteiger partial charge in [0.2, 0.25) is 11.0 Å².